The fourth-order valence-corrected chi connectivity index (χ4v) is 1.79. The second kappa shape index (κ2) is 7.24. The number of carbonyl (C=O) groups is 2. The van der Waals surface area contributed by atoms with Crippen molar-refractivity contribution < 1.29 is 19.4 Å². The maximum atomic E-state index is 11.9. The number of aliphatic hydroxyl groups is 1. The summed E-state index contributed by atoms with van der Waals surface area (Å²) < 4.78 is 5.23. The van der Waals surface area contributed by atoms with Crippen molar-refractivity contribution in [2.45, 2.75) is 25.8 Å². The zero-order valence-corrected chi connectivity index (χ0v) is 10.1. The number of nitrogens with one attached hydrogen (secondary N) is 1. The molecule has 1 saturated heterocycles. The fraction of sp³-hybridized carbons (Fsp3) is 0.818. The van der Waals surface area contributed by atoms with E-state index in [1.54, 1.807) is 4.90 Å². The number of ether oxygens (including phenoxy) is 1. The van der Waals surface area contributed by atoms with E-state index >= 15 is 0 Å². The van der Waals surface area contributed by atoms with Crippen LogP contribution in [0.5, 0.6) is 0 Å². The van der Waals surface area contributed by atoms with Crippen LogP contribution in [-0.4, -0.2) is 60.8 Å². The van der Waals surface area contributed by atoms with Crippen LogP contribution < -0.4 is 5.32 Å². The molecule has 1 heterocycles. The van der Waals surface area contributed by atoms with E-state index in [2.05, 4.69) is 5.32 Å². The molecule has 1 aliphatic heterocycles. The molecule has 98 valence electrons. The summed E-state index contributed by atoms with van der Waals surface area (Å²) in [4.78, 5) is 25.2. The van der Waals surface area contributed by atoms with Crippen LogP contribution in [0.4, 0.5) is 0 Å². The van der Waals surface area contributed by atoms with E-state index in [1.807, 2.05) is 6.92 Å². The van der Waals surface area contributed by atoms with Crippen molar-refractivity contribution in [1.29, 1.82) is 0 Å². The van der Waals surface area contributed by atoms with Gasteiger partial charge in [0.25, 0.3) is 0 Å². The maximum absolute atomic E-state index is 11.9. The first-order valence-electron chi connectivity index (χ1n) is 5.96. The summed E-state index contributed by atoms with van der Waals surface area (Å²) in [6, 6.07) is -0.533. The van der Waals surface area contributed by atoms with Crippen molar-refractivity contribution in [2.75, 3.05) is 32.9 Å². The van der Waals surface area contributed by atoms with Gasteiger partial charge in [0.1, 0.15) is 6.04 Å². The fourth-order valence-electron chi connectivity index (χ4n) is 1.79. The van der Waals surface area contributed by atoms with Gasteiger partial charge in [-0.2, -0.15) is 0 Å². The molecule has 2 amide bonds. The van der Waals surface area contributed by atoms with E-state index in [1.165, 1.54) is 0 Å². The Morgan fingerprint density at radius 1 is 1.53 bits per heavy atom. The predicted octanol–water partition coefficient (Wildman–Crippen LogP) is -0.878. The molecular formula is C11H20N2O4. The van der Waals surface area contributed by atoms with Crippen LogP contribution in [0, 0.1) is 0 Å². The third kappa shape index (κ3) is 3.98. The largest absolute Gasteiger partial charge is 0.396 e. The zero-order valence-electron chi connectivity index (χ0n) is 10.1. The molecule has 0 aromatic rings. The standard InChI is InChI=1S/C11H20N2O4/c1-2-12-11(16)9-8-17-7-5-13(9)10(15)4-3-6-14/h9,14H,2-8H2,1H3,(H,12,16). The molecular weight excluding hydrogens is 224 g/mol. The predicted molar refractivity (Wildman–Crippen MR) is 61.3 cm³/mol. The summed E-state index contributed by atoms with van der Waals surface area (Å²) in [5.74, 6) is -0.275. The SMILES string of the molecule is CCNC(=O)C1COCCN1C(=O)CCCO. The van der Waals surface area contributed by atoms with Crippen molar-refractivity contribution in [3.63, 3.8) is 0 Å². The van der Waals surface area contributed by atoms with E-state index in [4.69, 9.17) is 9.84 Å². The topological polar surface area (TPSA) is 78.9 Å². The van der Waals surface area contributed by atoms with Crippen LogP contribution in [0.1, 0.15) is 19.8 Å². The van der Waals surface area contributed by atoms with Gasteiger partial charge < -0.3 is 20.1 Å². The smallest absolute Gasteiger partial charge is 0.245 e. The maximum Gasteiger partial charge on any atom is 0.245 e. The van der Waals surface area contributed by atoms with Crippen LogP contribution in [0.3, 0.4) is 0 Å². The monoisotopic (exact) mass is 244 g/mol. The zero-order chi connectivity index (χ0) is 12.7. The van der Waals surface area contributed by atoms with E-state index in [-0.39, 0.29) is 31.4 Å². The van der Waals surface area contributed by atoms with Crippen molar-refractivity contribution in [2.24, 2.45) is 0 Å². The van der Waals surface area contributed by atoms with Crippen molar-refractivity contribution in [3.8, 4) is 0 Å². The number of carbonyl (C=O) groups excluding carboxylic acids is 2. The lowest BCUT2D eigenvalue weighted by Crippen LogP contribution is -2.55. The second-order valence-electron chi connectivity index (χ2n) is 3.90. The highest BCUT2D eigenvalue weighted by molar-refractivity contribution is 5.88. The number of rotatable bonds is 5. The van der Waals surface area contributed by atoms with E-state index < -0.39 is 6.04 Å². The number of hydrogen-bond acceptors (Lipinski definition) is 4. The molecule has 1 rings (SSSR count). The van der Waals surface area contributed by atoms with E-state index in [9.17, 15) is 9.59 Å². The van der Waals surface area contributed by atoms with Gasteiger partial charge in [-0.15, -0.1) is 0 Å². The Bertz CT molecular complexity index is 270. The van der Waals surface area contributed by atoms with Gasteiger partial charge in [-0.3, -0.25) is 9.59 Å². The van der Waals surface area contributed by atoms with Gasteiger partial charge >= 0.3 is 0 Å². The molecule has 0 spiro atoms. The van der Waals surface area contributed by atoms with Crippen LogP contribution >= 0.6 is 0 Å². The molecule has 1 atom stereocenters. The molecule has 17 heavy (non-hydrogen) atoms. The van der Waals surface area contributed by atoms with Crippen LogP contribution in [0.25, 0.3) is 0 Å². The molecule has 1 fully saturated rings. The van der Waals surface area contributed by atoms with Gasteiger partial charge in [0.05, 0.1) is 13.2 Å². The Morgan fingerprint density at radius 2 is 2.29 bits per heavy atom. The summed E-state index contributed by atoms with van der Waals surface area (Å²) >= 11 is 0. The average molecular weight is 244 g/mol. The van der Waals surface area contributed by atoms with Gasteiger partial charge in [0.15, 0.2) is 0 Å². The summed E-state index contributed by atoms with van der Waals surface area (Å²) in [6.07, 6.45) is 0.699. The number of amides is 2. The molecule has 0 radical (unpaired) electrons. The van der Waals surface area contributed by atoms with Crippen LogP contribution in [0.2, 0.25) is 0 Å². The average Bonchev–Trinajstić information content (AvgIpc) is 2.36. The quantitative estimate of drug-likeness (QED) is 0.658. The van der Waals surface area contributed by atoms with Crippen molar-refractivity contribution in [1.82, 2.24) is 10.2 Å². The highest BCUT2D eigenvalue weighted by Crippen LogP contribution is 2.10. The number of aliphatic hydroxyl groups excluding tert-OH is 1. The van der Waals surface area contributed by atoms with Gasteiger partial charge in [-0.1, -0.05) is 0 Å². The Balaban J connectivity index is 2.58. The van der Waals surface area contributed by atoms with Crippen molar-refractivity contribution >= 4 is 11.8 Å². The molecule has 0 saturated carbocycles. The number of morpholine rings is 1. The van der Waals surface area contributed by atoms with Gasteiger partial charge in [0.2, 0.25) is 11.8 Å². The summed E-state index contributed by atoms with van der Waals surface area (Å²) in [5.41, 5.74) is 0. The Kier molecular flexibility index (Phi) is 5.93. The lowest BCUT2D eigenvalue weighted by Gasteiger charge is -2.34. The highest BCUT2D eigenvalue weighted by Gasteiger charge is 2.31. The molecule has 0 aliphatic carbocycles. The molecule has 0 aromatic carbocycles. The third-order valence-electron chi connectivity index (χ3n) is 2.65. The first kappa shape index (κ1) is 13.9. The minimum absolute atomic E-state index is 0.0120. The molecule has 1 aliphatic rings. The first-order chi connectivity index (χ1) is 8.20. The minimum atomic E-state index is -0.533. The molecule has 6 heteroatoms. The lowest BCUT2D eigenvalue weighted by molar-refractivity contribution is -0.148. The summed E-state index contributed by atoms with van der Waals surface area (Å²) in [5, 5.41) is 11.4. The van der Waals surface area contributed by atoms with Crippen LogP contribution in [-0.2, 0) is 14.3 Å². The Morgan fingerprint density at radius 3 is 2.94 bits per heavy atom. The molecule has 0 bridgehead atoms. The van der Waals surface area contributed by atoms with Gasteiger partial charge in [0, 0.05) is 26.1 Å². The highest BCUT2D eigenvalue weighted by atomic mass is 16.5. The second-order valence-corrected chi connectivity index (χ2v) is 3.90. The summed E-state index contributed by atoms with van der Waals surface area (Å²) in [6.45, 7) is 3.50. The Hall–Kier alpha value is -1.14. The lowest BCUT2D eigenvalue weighted by atomic mass is 10.1. The first-order valence-corrected chi connectivity index (χ1v) is 5.96. The Labute approximate surface area is 101 Å². The summed E-state index contributed by atoms with van der Waals surface area (Å²) in [7, 11) is 0. The molecule has 6 nitrogen and oxygen atoms in total. The van der Waals surface area contributed by atoms with E-state index in [0.29, 0.717) is 26.1 Å². The van der Waals surface area contributed by atoms with Crippen LogP contribution in [0.15, 0.2) is 0 Å². The molecule has 1 unspecified atom stereocenters. The van der Waals surface area contributed by atoms with Gasteiger partial charge in [-0.25, -0.2) is 0 Å². The molecule has 2 N–H and O–H groups in total. The minimum Gasteiger partial charge on any atom is -0.396 e. The number of likely N-dealkylation sites (N-methyl/N-ethyl adjacent to an activating group) is 1. The van der Waals surface area contributed by atoms with E-state index in [0.717, 1.165) is 0 Å². The van der Waals surface area contributed by atoms with Crippen molar-refractivity contribution in [3.05, 3.63) is 0 Å². The molecule has 0 aromatic heterocycles. The normalized spacial score (nSPS) is 20.1. The third-order valence-corrected chi connectivity index (χ3v) is 2.65. The van der Waals surface area contributed by atoms with Gasteiger partial charge in [-0.05, 0) is 13.3 Å². The number of hydrogen-bond donors (Lipinski definition) is 2. The number of nitrogens with zero attached hydrogens (tertiary/aromatic N) is 1.